The number of hydrogen-bond acceptors (Lipinski definition) is 10. The highest BCUT2D eigenvalue weighted by Gasteiger charge is 2.40. The van der Waals surface area contributed by atoms with Gasteiger partial charge in [0.2, 0.25) is 11.3 Å². The molecule has 53 heavy (non-hydrogen) atoms. The number of aliphatic hydroxyl groups excluding tert-OH is 2. The number of alkyl carbamates (subject to hydrolysis) is 1. The summed E-state index contributed by atoms with van der Waals surface area (Å²) in [6.45, 7) is 5.43. The monoisotopic (exact) mass is 754 g/mol. The topological polar surface area (TPSA) is 149 Å². The standard InChI is InChI=1S/C40H58N4O8S/c1-42-18-20-44(21-19-42)22-23-51-31-16-14-29(15-17-31)33(27-36(46)43(2)38-32-12-7-6-11-30(32)26-35(38)45)39(47)34(25-28-9-4-3-5-10-28)41-40(48)52-37-13-8-24-53(37,49)50/h6-7,11-12,14-17,28,33-35,37-39,45,47H,3-5,8-10,13,18-27H2,1-2H3,(H,41,48)/t33-,34-,35+,37?,38-,39-/m0/s1. The molecule has 2 amide bonds. The Labute approximate surface area is 314 Å². The molecule has 0 spiro atoms. The molecule has 2 heterocycles. The van der Waals surface area contributed by atoms with Gasteiger partial charge in [-0.1, -0.05) is 68.5 Å². The molecule has 6 atom stereocenters. The largest absolute Gasteiger partial charge is 0.492 e. The van der Waals surface area contributed by atoms with E-state index in [1.54, 1.807) is 11.9 Å². The Morgan fingerprint density at radius 1 is 0.981 bits per heavy atom. The Bertz CT molecular complexity index is 1630. The lowest BCUT2D eigenvalue weighted by molar-refractivity contribution is -0.135. The van der Waals surface area contributed by atoms with Gasteiger partial charge < -0.3 is 34.8 Å². The Hall–Kier alpha value is -3.23. The summed E-state index contributed by atoms with van der Waals surface area (Å²) in [4.78, 5) is 33.8. The molecule has 2 aliphatic carbocycles. The van der Waals surface area contributed by atoms with Crippen LogP contribution in [0.4, 0.5) is 4.79 Å². The normalized spacial score (nSPS) is 25.2. The average Bonchev–Trinajstić information content (AvgIpc) is 3.67. The lowest BCUT2D eigenvalue weighted by Gasteiger charge is -2.35. The third-order valence-corrected chi connectivity index (χ3v) is 13.9. The molecular weight excluding hydrogens is 697 g/mol. The van der Waals surface area contributed by atoms with Crippen molar-refractivity contribution in [3.05, 3.63) is 65.2 Å². The smallest absolute Gasteiger partial charge is 0.408 e. The van der Waals surface area contributed by atoms with Gasteiger partial charge in [-0.05, 0) is 54.6 Å². The molecule has 6 rings (SSSR count). The molecule has 4 aliphatic rings. The third kappa shape index (κ3) is 10.1. The highest BCUT2D eigenvalue weighted by atomic mass is 32.2. The molecule has 0 aromatic heterocycles. The van der Waals surface area contributed by atoms with Crippen LogP contribution in [0.15, 0.2) is 48.5 Å². The Kier molecular flexibility index (Phi) is 13.4. The number of amides is 2. The first kappa shape index (κ1) is 39.5. The number of benzene rings is 2. The summed E-state index contributed by atoms with van der Waals surface area (Å²) in [5.41, 5.74) is 1.42. The third-order valence-electron chi connectivity index (χ3n) is 11.9. The van der Waals surface area contributed by atoms with Crippen LogP contribution in [0, 0.1) is 5.92 Å². The molecule has 292 valence electrons. The predicted molar refractivity (Wildman–Crippen MR) is 202 cm³/mol. The lowest BCUT2D eigenvalue weighted by atomic mass is 9.79. The Morgan fingerprint density at radius 3 is 2.40 bits per heavy atom. The van der Waals surface area contributed by atoms with Crippen LogP contribution in [0.1, 0.15) is 86.4 Å². The number of rotatable bonds is 14. The molecule has 1 unspecified atom stereocenters. The predicted octanol–water partition coefficient (Wildman–Crippen LogP) is 3.86. The van der Waals surface area contributed by atoms with E-state index in [1.807, 2.05) is 48.5 Å². The highest BCUT2D eigenvalue weighted by molar-refractivity contribution is 7.92. The molecule has 3 N–H and O–H groups in total. The van der Waals surface area contributed by atoms with E-state index in [9.17, 15) is 28.2 Å². The van der Waals surface area contributed by atoms with Gasteiger partial charge in [-0.2, -0.15) is 0 Å². The summed E-state index contributed by atoms with van der Waals surface area (Å²) in [5.74, 6) is -0.0739. The number of likely N-dealkylation sites (N-methyl/N-ethyl adjacent to an activating group) is 2. The number of ether oxygens (including phenoxy) is 2. The molecule has 3 fully saturated rings. The van der Waals surface area contributed by atoms with Gasteiger partial charge in [-0.3, -0.25) is 9.69 Å². The fraction of sp³-hybridized carbons (Fsp3) is 0.650. The lowest BCUT2D eigenvalue weighted by Crippen LogP contribution is -2.49. The minimum atomic E-state index is -3.54. The van der Waals surface area contributed by atoms with Crippen molar-refractivity contribution in [1.29, 1.82) is 0 Å². The van der Waals surface area contributed by atoms with Crippen LogP contribution in [-0.2, 0) is 25.8 Å². The molecule has 0 radical (unpaired) electrons. The van der Waals surface area contributed by atoms with Gasteiger partial charge in [0.05, 0.1) is 30.0 Å². The Morgan fingerprint density at radius 2 is 1.70 bits per heavy atom. The van der Waals surface area contributed by atoms with Gasteiger partial charge in [0.15, 0.2) is 9.84 Å². The van der Waals surface area contributed by atoms with Gasteiger partial charge in [0.1, 0.15) is 12.4 Å². The van der Waals surface area contributed by atoms with E-state index in [4.69, 9.17) is 9.47 Å². The van der Waals surface area contributed by atoms with Crippen molar-refractivity contribution in [1.82, 2.24) is 20.0 Å². The van der Waals surface area contributed by atoms with E-state index in [-0.39, 0.29) is 30.4 Å². The minimum Gasteiger partial charge on any atom is -0.492 e. The molecule has 0 bridgehead atoms. The summed E-state index contributed by atoms with van der Waals surface area (Å²) < 4.78 is 36.5. The van der Waals surface area contributed by atoms with Gasteiger partial charge in [-0.25, -0.2) is 13.2 Å². The number of hydrogen-bond donors (Lipinski definition) is 3. The summed E-state index contributed by atoms with van der Waals surface area (Å²) in [6.07, 6.45) is 3.87. The first-order valence-corrected chi connectivity index (χ1v) is 21.2. The van der Waals surface area contributed by atoms with Crippen molar-refractivity contribution in [3.63, 3.8) is 0 Å². The summed E-state index contributed by atoms with van der Waals surface area (Å²) in [6, 6.07) is 13.9. The van der Waals surface area contributed by atoms with Crippen molar-refractivity contribution in [3.8, 4) is 5.75 Å². The second-order valence-corrected chi connectivity index (χ2v) is 17.9. The van der Waals surface area contributed by atoms with Crippen LogP contribution >= 0.6 is 0 Å². The van der Waals surface area contributed by atoms with Gasteiger partial charge in [0, 0.05) is 65.0 Å². The summed E-state index contributed by atoms with van der Waals surface area (Å²) in [5, 5.41) is 26.2. The van der Waals surface area contributed by atoms with E-state index < -0.39 is 51.6 Å². The first-order chi connectivity index (χ1) is 25.5. The molecular formula is C40H58N4O8S. The quantitative estimate of drug-likeness (QED) is 0.260. The van der Waals surface area contributed by atoms with Gasteiger partial charge >= 0.3 is 6.09 Å². The molecule has 2 aromatic carbocycles. The number of piperazine rings is 1. The molecule has 1 saturated carbocycles. The summed E-state index contributed by atoms with van der Waals surface area (Å²) in [7, 11) is 0.285. The number of sulfone groups is 1. The van der Waals surface area contributed by atoms with Crippen LogP contribution in [0.25, 0.3) is 0 Å². The number of carbonyl (C=O) groups is 2. The number of carbonyl (C=O) groups excluding carboxylic acids is 2. The van der Waals surface area contributed by atoms with Crippen molar-refractivity contribution in [2.45, 2.75) is 99.9 Å². The van der Waals surface area contributed by atoms with Crippen molar-refractivity contribution in [2.75, 3.05) is 59.2 Å². The maximum atomic E-state index is 14.2. The SMILES string of the molecule is CN1CCN(CCOc2ccc([C@H](CC(=O)N(C)[C@H]3c4ccccc4C[C@H]3O)[C@H](O)[C@H](CC3CCCCC3)NC(=O)OC3CCCS3(=O)=O)cc2)CC1. The van der Waals surface area contributed by atoms with Gasteiger partial charge in [-0.15, -0.1) is 0 Å². The van der Waals surface area contributed by atoms with E-state index >= 15 is 0 Å². The highest BCUT2D eigenvalue weighted by Crippen LogP contribution is 2.38. The number of nitrogens with zero attached hydrogens (tertiary/aromatic N) is 3. The number of aliphatic hydroxyl groups is 2. The van der Waals surface area contributed by atoms with Crippen LogP contribution in [0.3, 0.4) is 0 Å². The molecule has 2 aromatic rings. The maximum absolute atomic E-state index is 14.2. The molecule has 12 nitrogen and oxygen atoms in total. The van der Waals surface area contributed by atoms with Crippen molar-refractivity contribution < 1.29 is 37.7 Å². The fourth-order valence-electron chi connectivity index (χ4n) is 8.66. The van der Waals surface area contributed by atoms with Crippen LogP contribution in [0.5, 0.6) is 5.75 Å². The second kappa shape index (κ2) is 17.9. The maximum Gasteiger partial charge on any atom is 0.408 e. The zero-order valence-electron chi connectivity index (χ0n) is 31.3. The zero-order chi connectivity index (χ0) is 37.5. The van der Waals surface area contributed by atoms with Crippen LogP contribution < -0.4 is 10.1 Å². The van der Waals surface area contributed by atoms with E-state index in [0.717, 1.165) is 76.0 Å². The van der Waals surface area contributed by atoms with Crippen molar-refractivity contribution in [2.24, 2.45) is 5.92 Å². The van der Waals surface area contributed by atoms with Gasteiger partial charge in [0.25, 0.3) is 0 Å². The molecule has 2 aliphatic heterocycles. The summed E-state index contributed by atoms with van der Waals surface area (Å²) >= 11 is 0. The van der Waals surface area contributed by atoms with E-state index in [1.165, 1.54) is 0 Å². The second-order valence-electron chi connectivity index (χ2n) is 15.6. The fourth-order valence-corrected chi connectivity index (χ4v) is 10.3. The number of nitrogens with one attached hydrogen (secondary N) is 1. The Balaban J connectivity index is 1.22. The minimum absolute atomic E-state index is 0.0213. The first-order valence-electron chi connectivity index (χ1n) is 19.5. The molecule has 2 saturated heterocycles. The average molecular weight is 755 g/mol. The van der Waals surface area contributed by atoms with E-state index in [2.05, 4.69) is 22.2 Å². The molecule has 13 heteroatoms. The van der Waals surface area contributed by atoms with Crippen LogP contribution in [-0.4, -0.2) is 128 Å². The van der Waals surface area contributed by atoms with Crippen LogP contribution in [0.2, 0.25) is 0 Å². The zero-order valence-corrected chi connectivity index (χ0v) is 32.1. The van der Waals surface area contributed by atoms with E-state index in [0.29, 0.717) is 37.2 Å². The number of fused-ring (bicyclic) bond motifs is 1. The van der Waals surface area contributed by atoms with Crippen molar-refractivity contribution >= 4 is 21.8 Å².